The van der Waals surface area contributed by atoms with E-state index in [2.05, 4.69) is 39.0 Å². The second kappa shape index (κ2) is 19.0. The van der Waals surface area contributed by atoms with Gasteiger partial charge in [0.25, 0.3) is 0 Å². The molecule has 5 heteroatoms. The standard InChI is InChI=1S/C32H50N2O2S/c1-4-5-6-7-8-9-10-11-12-13-17-22-31(35)33(24-28(2)3)27-32(36)34(26-30-21-18-23-37-30)25-29-19-15-14-16-20-29/h14-16,18-21,23,28H,4-13,17,22,24-27H2,1-3H3. The summed E-state index contributed by atoms with van der Waals surface area (Å²) < 4.78 is 0. The average Bonchev–Trinajstić information content (AvgIpc) is 3.40. The van der Waals surface area contributed by atoms with Crippen molar-refractivity contribution in [3.63, 3.8) is 0 Å². The monoisotopic (exact) mass is 526 g/mol. The van der Waals surface area contributed by atoms with E-state index in [1.165, 1.54) is 57.8 Å². The van der Waals surface area contributed by atoms with Crippen LogP contribution in [0.15, 0.2) is 47.8 Å². The number of rotatable bonds is 20. The first kappa shape index (κ1) is 31.1. The number of carbonyl (C=O) groups is 2. The molecule has 0 saturated carbocycles. The Morgan fingerprint density at radius 2 is 1.35 bits per heavy atom. The summed E-state index contributed by atoms with van der Waals surface area (Å²) in [4.78, 5) is 31.4. The Hall–Kier alpha value is -2.14. The number of amides is 2. The van der Waals surface area contributed by atoms with Gasteiger partial charge in [-0.3, -0.25) is 9.59 Å². The molecular weight excluding hydrogens is 476 g/mol. The van der Waals surface area contributed by atoms with Gasteiger partial charge in [-0.1, -0.05) is 121 Å². The molecule has 206 valence electrons. The van der Waals surface area contributed by atoms with Crippen LogP contribution in [0.4, 0.5) is 0 Å². The first-order chi connectivity index (χ1) is 18.0. The molecule has 37 heavy (non-hydrogen) atoms. The molecule has 0 atom stereocenters. The highest BCUT2D eigenvalue weighted by Crippen LogP contribution is 2.17. The normalized spacial score (nSPS) is 11.1. The quantitative estimate of drug-likeness (QED) is 0.162. The van der Waals surface area contributed by atoms with Crippen molar-refractivity contribution in [2.24, 2.45) is 5.92 Å². The fourth-order valence-corrected chi connectivity index (χ4v) is 5.40. The van der Waals surface area contributed by atoms with Crippen molar-refractivity contribution in [1.82, 2.24) is 9.80 Å². The molecule has 0 N–H and O–H groups in total. The molecule has 2 aromatic rings. The Bertz CT molecular complexity index is 851. The summed E-state index contributed by atoms with van der Waals surface area (Å²) in [6.07, 6.45) is 14.5. The van der Waals surface area contributed by atoms with Crippen LogP contribution in [-0.2, 0) is 22.7 Å². The summed E-state index contributed by atoms with van der Waals surface area (Å²) in [7, 11) is 0. The van der Waals surface area contributed by atoms with E-state index < -0.39 is 0 Å². The van der Waals surface area contributed by atoms with Crippen LogP contribution >= 0.6 is 11.3 Å². The SMILES string of the molecule is CCCCCCCCCCCCCC(=O)N(CC(=O)N(Cc1ccccc1)Cc1cccs1)CC(C)C. The number of hydrogen-bond donors (Lipinski definition) is 0. The topological polar surface area (TPSA) is 40.6 Å². The van der Waals surface area contributed by atoms with Gasteiger partial charge in [0.15, 0.2) is 0 Å². The predicted molar refractivity (Wildman–Crippen MR) is 158 cm³/mol. The van der Waals surface area contributed by atoms with Crippen LogP contribution in [0, 0.1) is 5.92 Å². The molecule has 0 aliphatic carbocycles. The molecule has 0 aliphatic rings. The number of hydrogen-bond acceptors (Lipinski definition) is 3. The van der Waals surface area contributed by atoms with Crippen molar-refractivity contribution < 1.29 is 9.59 Å². The number of unbranched alkanes of at least 4 members (excludes halogenated alkanes) is 10. The van der Waals surface area contributed by atoms with E-state index in [1.54, 1.807) is 16.2 Å². The highest BCUT2D eigenvalue weighted by atomic mass is 32.1. The summed E-state index contributed by atoms with van der Waals surface area (Å²) in [5, 5.41) is 2.04. The highest BCUT2D eigenvalue weighted by molar-refractivity contribution is 7.09. The first-order valence-electron chi connectivity index (χ1n) is 14.6. The largest absolute Gasteiger partial charge is 0.333 e. The number of nitrogens with zero attached hydrogens (tertiary/aromatic N) is 2. The molecule has 0 fully saturated rings. The average molecular weight is 527 g/mol. The van der Waals surface area contributed by atoms with E-state index in [1.807, 2.05) is 34.5 Å². The van der Waals surface area contributed by atoms with Gasteiger partial charge in [-0.25, -0.2) is 0 Å². The maximum absolute atomic E-state index is 13.5. The maximum atomic E-state index is 13.5. The van der Waals surface area contributed by atoms with Crippen molar-refractivity contribution in [2.75, 3.05) is 13.1 Å². The van der Waals surface area contributed by atoms with Crippen LogP contribution in [0.5, 0.6) is 0 Å². The lowest BCUT2D eigenvalue weighted by Crippen LogP contribution is -2.43. The Kier molecular flexibility index (Phi) is 16.0. The Labute approximate surface area is 230 Å². The lowest BCUT2D eigenvalue weighted by molar-refractivity contribution is -0.141. The lowest BCUT2D eigenvalue weighted by atomic mass is 10.0. The molecule has 0 saturated heterocycles. The van der Waals surface area contributed by atoms with E-state index in [0.29, 0.717) is 32.0 Å². The van der Waals surface area contributed by atoms with Crippen LogP contribution in [0.1, 0.15) is 108 Å². The molecule has 2 amide bonds. The maximum Gasteiger partial charge on any atom is 0.242 e. The third-order valence-corrected chi connectivity index (χ3v) is 7.62. The second-order valence-corrected chi connectivity index (χ2v) is 11.8. The van der Waals surface area contributed by atoms with E-state index in [-0.39, 0.29) is 18.4 Å². The second-order valence-electron chi connectivity index (χ2n) is 10.8. The third kappa shape index (κ3) is 13.8. The lowest BCUT2D eigenvalue weighted by Gasteiger charge is -2.29. The molecule has 1 aromatic heterocycles. The summed E-state index contributed by atoms with van der Waals surface area (Å²) in [6, 6.07) is 14.2. The predicted octanol–water partition coefficient (Wildman–Crippen LogP) is 8.46. The fourth-order valence-electron chi connectivity index (χ4n) is 4.68. The molecule has 0 aliphatic heterocycles. The molecule has 0 unspecified atom stereocenters. The zero-order valence-corrected chi connectivity index (χ0v) is 24.4. The fraction of sp³-hybridized carbons (Fsp3) is 0.625. The van der Waals surface area contributed by atoms with Gasteiger partial charge in [0.2, 0.25) is 11.8 Å². The van der Waals surface area contributed by atoms with E-state index in [4.69, 9.17) is 0 Å². The molecular formula is C32H50N2O2S. The van der Waals surface area contributed by atoms with E-state index in [9.17, 15) is 9.59 Å². The van der Waals surface area contributed by atoms with Gasteiger partial charge in [0, 0.05) is 24.4 Å². The van der Waals surface area contributed by atoms with Gasteiger partial charge < -0.3 is 9.80 Å². The van der Waals surface area contributed by atoms with Crippen LogP contribution in [0.25, 0.3) is 0 Å². The Morgan fingerprint density at radius 1 is 0.730 bits per heavy atom. The zero-order valence-electron chi connectivity index (χ0n) is 23.6. The Balaban J connectivity index is 1.81. The zero-order chi connectivity index (χ0) is 26.7. The van der Waals surface area contributed by atoms with Crippen molar-refractivity contribution in [3.8, 4) is 0 Å². The summed E-state index contributed by atoms with van der Waals surface area (Å²) in [5.74, 6) is 0.466. The van der Waals surface area contributed by atoms with Crippen molar-refractivity contribution in [2.45, 2.75) is 111 Å². The molecule has 0 spiro atoms. The summed E-state index contributed by atoms with van der Waals surface area (Å²) in [6.45, 7) is 8.40. The number of thiophene rings is 1. The van der Waals surface area contributed by atoms with Gasteiger partial charge >= 0.3 is 0 Å². The smallest absolute Gasteiger partial charge is 0.242 e. The summed E-state index contributed by atoms with van der Waals surface area (Å²) in [5.41, 5.74) is 1.11. The van der Waals surface area contributed by atoms with Crippen molar-refractivity contribution in [3.05, 3.63) is 58.3 Å². The molecule has 0 radical (unpaired) electrons. The van der Waals surface area contributed by atoms with Gasteiger partial charge in [-0.05, 0) is 29.3 Å². The van der Waals surface area contributed by atoms with Crippen LogP contribution in [0.3, 0.4) is 0 Å². The van der Waals surface area contributed by atoms with Gasteiger partial charge in [-0.2, -0.15) is 0 Å². The van der Waals surface area contributed by atoms with Crippen LogP contribution in [0.2, 0.25) is 0 Å². The van der Waals surface area contributed by atoms with Crippen molar-refractivity contribution in [1.29, 1.82) is 0 Å². The molecule has 4 nitrogen and oxygen atoms in total. The highest BCUT2D eigenvalue weighted by Gasteiger charge is 2.22. The van der Waals surface area contributed by atoms with Crippen molar-refractivity contribution >= 4 is 23.2 Å². The van der Waals surface area contributed by atoms with E-state index in [0.717, 1.165) is 23.3 Å². The van der Waals surface area contributed by atoms with Crippen LogP contribution < -0.4 is 0 Å². The summed E-state index contributed by atoms with van der Waals surface area (Å²) >= 11 is 1.67. The van der Waals surface area contributed by atoms with Crippen LogP contribution in [-0.4, -0.2) is 34.7 Å². The minimum Gasteiger partial charge on any atom is -0.333 e. The van der Waals surface area contributed by atoms with Gasteiger partial charge in [0.1, 0.15) is 0 Å². The molecule has 1 heterocycles. The minimum atomic E-state index is 0.0187. The van der Waals surface area contributed by atoms with E-state index >= 15 is 0 Å². The first-order valence-corrected chi connectivity index (χ1v) is 15.5. The van der Waals surface area contributed by atoms with Gasteiger partial charge in [0.05, 0.1) is 13.1 Å². The third-order valence-electron chi connectivity index (χ3n) is 6.75. The molecule has 1 aromatic carbocycles. The molecule has 0 bridgehead atoms. The minimum absolute atomic E-state index is 0.0187. The number of benzene rings is 1. The number of carbonyl (C=O) groups excluding carboxylic acids is 2. The Morgan fingerprint density at radius 3 is 1.92 bits per heavy atom. The molecule has 2 rings (SSSR count). The van der Waals surface area contributed by atoms with Gasteiger partial charge in [-0.15, -0.1) is 11.3 Å².